The van der Waals surface area contributed by atoms with Crippen molar-refractivity contribution in [1.29, 1.82) is 0 Å². The molecule has 0 N–H and O–H groups in total. The number of hydrogen-bond donors (Lipinski definition) is 0. The third kappa shape index (κ3) is 5.08. The number of hydrogen-bond acceptors (Lipinski definition) is 3. The van der Waals surface area contributed by atoms with Crippen LogP contribution in [0.4, 0.5) is 0 Å². The van der Waals surface area contributed by atoms with E-state index < -0.39 is 0 Å². The number of nitrogens with zero attached hydrogens (tertiary/aromatic N) is 2. The third-order valence-electron chi connectivity index (χ3n) is 7.63. The minimum absolute atomic E-state index is 0.277. The van der Waals surface area contributed by atoms with Crippen molar-refractivity contribution >= 4 is 16.8 Å². The fourth-order valence-corrected chi connectivity index (χ4v) is 5.63. The molecule has 2 bridgehead atoms. The van der Waals surface area contributed by atoms with Gasteiger partial charge >= 0.3 is 0 Å². The Labute approximate surface area is 218 Å². The second kappa shape index (κ2) is 10.5. The van der Waals surface area contributed by atoms with Crippen molar-refractivity contribution in [3.63, 3.8) is 0 Å². The number of rotatable bonds is 6. The highest BCUT2D eigenvalue weighted by Gasteiger charge is 2.39. The molecule has 3 fully saturated rings. The molecule has 4 nitrogen and oxygen atoms in total. The lowest BCUT2D eigenvalue weighted by molar-refractivity contribution is -0.147. The molecule has 1 aliphatic carbocycles. The van der Waals surface area contributed by atoms with Gasteiger partial charge < -0.3 is 9.64 Å². The molecule has 3 heterocycles. The van der Waals surface area contributed by atoms with Crippen molar-refractivity contribution in [3.05, 3.63) is 96.2 Å². The monoisotopic (exact) mass is 486 g/mol. The van der Waals surface area contributed by atoms with Gasteiger partial charge in [-0.3, -0.25) is 9.78 Å². The first-order valence-corrected chi connectivity index (χ1v) is 13.2. The third-order valence-corrected chi connectivity index (χ3v) is 7.63. The summed E-state index contributed by atoms with van der Waals surface area (Å²) in [5.74, 6) is 7.99. The van der Waals surface area contributed by atoms with Gasteiger partial charge in [0.15, 0.2) is 0 Å². The van der Waals surface area contributed by atoms with Gasteiger partial charge in [0.2, 0.25) is 5.91 Å². The minimum Gasteiger partial charge on any atom is -0.494 e. The van der Waals surface area contributed by atoms with Gasteiger partial charge in [-0.15, -0.1) is 0 Å². The Morgan fingerprint density at radius 1 is 0.838 bits per heavy atom. The predicted molar refractivity (Wildman–Crippen MR) is 147 cm³/mol. The summed E-state index contributed by atoms with van der Waals surface area (Å²) in [5, 5.41) is 1.15. The maximum Gasteiger partial charge on any atom is 0.225 e. The lowest BCUT2D eigenvalue weighted by Gasteiger charge is -2.44. The van der Waals surface area contributed by atoms with Gasteiger partial charge in [-0.1, -0.05) is 42.2 Å². The Hall–Kier alpha value is -4.10. The predicted octanol–water partition coefficient (Wildman–Crippen LogP) is 6.47. The average molecular weight is 487 g/mol. The maximum atomic E-state index is 12.5. The number of piperidine rings is 2. The molecule has 1 amide bonds. The zero-order chi connectivity index (χ0) is 25.0. The van der Waals surface area contributed by atoms with Crippen molar-refractivity contribution in [3.8, 4) is 28.7 Å². The van der Waals surface area contributed by atoms with Crippen LogP contribution in [0.5, 0.6) is 5.75 Å². The van der Waals surface area contributed by atoms with Gasteiger partial charge in [0.1, 0.15) is 5.75 Å². The van der Waals surface area contributed by atoms with Gasteiger partial charge in [-0.05, 0) is 91.8 Å². The Kier molecular flexibility index (Phi) is 6.60. The van der Waals surface area contributed by atoms with Gasteiger partial charge in [0.05, 0.1) is 12.1 Å². The Morgan fingerprint density at radius 3 is 2.30 bits per heavy atom. The Bertz CT molecular complexity index is 1450. The zero-order valence-electron chi connectivity index (χ0n) is 20.9. The summed E-state index contributed by atoms with van der Waals surface area (Å²) in [5.41, 5.74) is 5.26. The topological polar surface area (TPSA) is 42.4 Å². The van der Waals surface area contributed by atoms with Crippen LogP contribution < -0.4 is 4.74 Å². The molecule has 0 radical (unpaired) electrons. The van der Waals surface area contributed by atoms with E-state index in [9.17, 15) is 4.79 Å². The molecule has 0 unspecified atom stereocenters. The summed E-state index contributed by atoms with van der Waals surface area (Å²) in [6.07, 6.45) is 7.20. The molecule has 1 aromatic heterocycles. The van der Waals surface area contributed by atoms with Gasteiger partial charge in [-0.25, -0.2) is 0 Å². The largest absolute Gasteiger partial charge is 0.494 e. The fourth-order valence-electron chi connectivity index (χ4n) is 5.63. The molecule has 0 atom stereocenters. The van der Waals surface area contributed by atoms with Crippen molar-refractivity contribution < 1.29 is 9.53 Å². The smallest absolute Gasteiger partial charge is 0.225 e. The van der Waals surface area contributed by atoms with Crippen LogP contribution in [0.25, 0.3) is 22.0 Å². The van der Waals surface area contributed by atoms with E-state index in [1.54, 1.807) is 0 Å². The normalized spacial score (nSPS) is 18.5. The van der Waals surface area contributed by atoms with Crippen molar-refractivity contribution in [2.45, 2.75) is 38.1 Å². The number of carbonyl (C=O) groups excluding carboxylic acids is 1. The highest BCUT2D eigenvalue weighted by atomic mass is 16.5. The first-order valence-electron chi connectivity index (χ1n) is 13.2. The van der Waals surface area contributed by atoms with E-state index >= 15 is 0 Å². The van der Waals surface area contributed by atoms with E-state index in [-0.39, 0.29) is 5.92 Å². The summed E-state index contributed by atoms with van der Waals surface area (Å²) >= 11 is 0. The van der Waals surface area contributed by atoms with Crippen molar-refractivity contribution in [1.82, 2.24) is 9.88 Å². The second-order valence-electron chi connectivity index (χ2n) is 9.97. The standard InChI is InChI=1S/C33H30N2O2/c36-33-27-15-17-28(18-16-27)35(33)22-3-23-37-29-19-11-25(12-20-29)8-7-24-9-13-26(14-10-24)30-4-1-6-32-31(30)5-2-21-34-32/h1-2,4-6,9-14,19-21,27-28H,3,15-18,22-23H2. The first kappa shape index (κ1) is 23.3. The van der Waals surface area contributed by atoms with E-state index in [1.807, 2.05) is 48.7 Å². The number of carbonyl (C=O) groups is 1. The van der Waals surface area contributed by atoms with Crippen LogP contribution in [0.1, 0.15) is 43.2 Å². The molecule has 1 saturated carbocycles. The molecule has 4 aromatic rings. The quantitative estimate of drug-likeness (QED) is 0.232. The molecule has 3 aliphatic rings. The van der Waals surface area contributed by atoms with Crippen LogP contribution in [0.3, 0.4) is 0 Å². The number of pyridine rings is 1. The number of ether oxygens (including phenoxy) is 1. The highest BCUT2D eigenvalue weighted by Crippen LogP contribution is 2.35. The lowest BCUT2D eigenvalue weighted by Crippen LogP contribution is -2.52. The van der Waals surface area contributed by atoms with Crippen LogP contribution in [0, 0.1) is 17.8 Å². The zero-order valence-corrected chi connectivity index (χ0v) is 20.9. The van der Waals surface area contributed by atoms with E-state index in [4.69, 9.17) is 4.74 Å². The molecular weight excluding hydrogens is 456 g/mol. The summed E-state index contributed by atoms with van der Waals surface area (Å²) in [6.45, 7) is 1.42. The summed E-state index contributed by atoms with van der Waals surface area (Å²) in [6, 6.07) is 27.0. The van der Waals surface area contributed by atoms with Crippen LogP contribution in [-0.2, 0) is 4.79 Å². The van der Waals surface area contributed by atoms with Crippen LogP contribution in [-0.4, -0.2) is 35.0 Å². The van der Waals surface area contributed by atoms with Crippen molar-refractivity contribution in [2.75, 3.05) is 13.2 Å². The molecule has 2 saturated heterocycles. The molecule has 7 rings (SSSR count). The molecule has 184 valence electrons. The second-order valence-corrected chi connectivity index (χ2v) is 9.97. The molecule has 3 aromatic carbocycles. The first-order chi connectivity index (χ1) is 18.2. The molecule has 0 spiro atoms. The Balaban J connectivity index is 1.03. The summed E-state index contributed by atoms with van der Waals surface area (Å²) < 4.78 is 5.93. The van der Waals surface area contributed by atoms with E-state index in [2.05, 4.69) is 58.1 Å². The molecular formula is C33H30N2O2. The average Bonchev–Trinajstić information content (AvgIpc) is 2.96. The van der Waals surface area contributed by atoms with E-state index in [0.717, 1.165) is 59.2 Å². The highest BCUT2D eigenvalue weighted by molar-refractivity contribution is 5.94. The minimum atomic E-state index is 0.277. The number of amides is 1. The number of benzene rings is 3. The van der Waals surface area contributed by atoms with Gasteiger partial charge in [0.25, 0.3) is 0 Å². The molecule has 2 aliphatic heterocycles. The fraction of sp³-hybridized carbons (Fsp3) is 0.273. The maximum absolute atomic E-state index is 12.5. The van der Waals surface area contributed by atoms with Crippen LogP contribution in [0.2, 0.25) is 0 Å². The van der Waals surface area contributed by atoms with Crippen LogP contribution >= 0.6 is 0 Å². The van der Waals surface area contributed by atoms with E-state index in [0.29, 0.717) is 18.6 Å². The number of aromatic nitrogens is 1. The van der Waals surface area contributed by atoms with E-state index in [1.165, 1.54) is 18.4 Å². The van der Waals surface area contributed by atoms with Gasteiger partial charge in [0, 0.05) is 41.2 Å². The van der Waals surface area contributed by atoms with Crippen LogP contribution in [0.15, 0.2) is 85.1 Å². The molecule has 37 heavy (non-hydrogen) atoms. The Morgan fingerprint density at radius 2 is 1.57 bits per heavy atom. The summed E-state index contributed by atoms with van der Waals surface area (Å²) in [7, 11) is 0. The lowest BCUT2D eigenvalue weighted by atomic mass is 9.79. The van der Waals surface area contributed by atoms with Gasteiger partial charge in [-0.2, -0.15) is 0 Å². The SMILES string of the molecule is O=C1C2CCC(CC2)N1CCCOc1ccc(C#Cc2ccc(-c3cccc4ncccc34)cc2)cc1. The molecule has 4 heteroatoms. The summed E-state index contributed by atoms with van der Waals surface area (Å²) in [4.78, 5) is 19.0. The van der Waals surface area contributed by atoms with Crippen molar-refractivity contribution in [2.24, 2.45) is 5.92 Å². The number of fused-ring (bicyclic) bond motifs is 4.